The molecule has 0 spiro atoms. The summed E-state index contributed by atoms with van der Waals surface area (Å²) < 4.78 is 17.4. The lowest BCUT2D eigenvalue weighted by atomic mass is 9.85. The van der Waals surface area contributed by atoms with E-state index in [9.17, 15) is 14.4 Å². The molecule has 1 heterocycles. The van der Waals surface area contributed by atoms with E-state index in [0.717, 1.165) is 32.0 Å². The summed E-state index contributed by atoms with van der Waals surface area (Å²) in [6.45, 7) is 9.40. The fourth-order valence-electron chi connectivity index (χ4n) is 3.02. The molecular weight excluding hydrogens is 474 g/mol. The molecule has 2 rings (SSSR count). The van der Waals surface area contributed by atoms with Gasteiger partial charge < -0.3 is 39.5 Å². The van der Waals surface area contributed by atoms with E-state index in [-0.39, 0.29) is 0 Å². The molecule has 1 aliphatic rings. The number of aliphatic carboxylic acids is 3. The molecule has 1 unspecified atom stereocenters. The molecule has 1 aliphatic heterocycles. The zero-order valence-corrected chi connectivity index (χ0v) is 20.2. The largest absolute Gasteiger partial charge is 0.481 e. The minimum atomic E-state index is -2.65. The zero-order valence-electron chi connectivity index (χ0n) is 19.5. The quantitative estimate of drug-likeness (QED) is 0.229. The van der Waals surface area contributed by atoms with Gasteiger partial charge in [0.1, 0.15) is 0 Å². The number of ether oxygens (including phenoxy) is 3. The minimum absolute atomic E-state index is 0.611. The number of carboxylic acid groups (broad SMARTS) is 3. The predicted molar refractivity (Wildman–Crippen MR) is 121 cm³/mol. The van der Waals surface area contributed by atoms with Crippen LogP contribution in [0.3, 0.4) is 0 Å². The van der Waals surface area contributed by atoms with Crippen LogP contribution in [0.15, 0.2) is 18.2 Å². The molecule has 1 aromatic rings. The van der Waals surface area contributed by atoms with Crippen LogP contribution in [0, 0.1) is 5.41 Å². The lowest BCUT2D eigenvalue weighted by Gasteiger charge is -2.23. The van der Waals surface area contributed by atoms with Crippen molar-refractivity contribution in [3.8, 4) is 11.5 Å². The van der Waals surface area contributed by atoms with E-state index in [0.29, 0.717) is 23.8 Å². The molecule has 0 aliphatic carbocycles. The smallest absolute Gasteiger partial charge is 0.324 e. The highest BCUT2D eigenvalue weighted by molar-refractivity contribution is 6.30. The highest BCUT2D eigenvalue weighted by atomic mass is 35.5. The average molecular weight is 506 g/mol. The number of hydrogen-bond acceptors (Lipinski definition) is 8. The van der Waals surface area contributed by atoms with Gasteiger partial charge in [0.05, 0.1) is 26.2 Å². The van der Waals surface area contributed by atoms with Crippen molar-refractivity contribution in [2.45, 2.75) is 39.4 Å². The van der Waals surface area contributed by atoms with Gasteiger partial charge in [0.2, 0.25) is 0 Å². The molecule has 1 atom stereocenters. The number of carboxylic acids is 3. The lowest BCUT2D eigenvalue weighted by molar-refractivity contribution is -0.172. The van der Waals surface area contributed by atoms with E-state index < -0.39 is 42.1 Å². The summed E-state index contributed by atoms with van der Waals surface area (Å²) in [5.74, 6) is -4.56. The van der Waals surface area contributed by atoms with Gasteiger partial charge in [-0.3, -0.25) is 14.4 Å². The Morgan fingerprint density at radius 1 is 1.06 bits per heavy atom. The van der Waals surface area contributed by atoms with Crippen molar-refractivity contribution in [2.24, 2.45) is 5.41 Å². The number of hydrogen-bond donors (Lipinski definition) is 4. The summed E-state index contributed by atoms with van der Waals surface area (Å²) in [6, 6.07) is 5.42. The van der Waals surface area contributed by atoms with Crippen LogP contribution < -0.4 is 9.47 Å². The van der Waals surface area contributed by atoms with Gasteiger partial charge in [-0.1, -0.05) is 25.4 Å². The number of nitrogens with zero attached hydrogens (tertiary/aromatic N) is 1. The number of fused-ring (bicyclic) bond motifs is 1. The topological polar surface area (TPSA) is 163 Å². The zero-order chi connectivity index (χ0) is 25.9. The van der Waals surface area contributed by atoms with E-state index in [4.69, 9.17) is 46.2 Å². The van der Waals surface area contributed by atoms with E-state index >= 15 is 0 Å². The molecular formula is C22H32ClNO10. The minimum Gasteiger partial charge on any atom is -0.481 e. The van der Waals surface area contributed by atoms with Crippen LogP contribution in [0.25, 0.3) is 0 Å². The number of aliphatic hydroxyl groups is 1. The van der Waals surface area contributed by atoms with Gasteiger partial charge in [-0.05, 0) is 25.2 Å². The van der Waals surface area contributed by atoms with Gasteiger partial charge in [0.25, 0.3) is 5.79 Å². The maximum absolute atomic E-state index is 10.4. The summed E-state index contributed by atoms with van der Waals surface area (Å²) in [5.41, 5.74) is -2.65. The Kier molecular flexibility index (Phi) is 11.5. The number of carbonyl (C=O) groups is 3. The standard InChI is InChI=1S/C16H24ClNO3.C6H8O7/c1-4-18(5-2)9-11-19-10-8-16(3)20-14-7-6-13(17)12-15(14)21-16;7-2-6(4(10)11,5(12)13)1-3(8)9/h6-7,12H,4-5,8-11H2,1-3H3;7H,1-2H2,(H,8,9)(H,10,11)(H,12,13). The van der Waals surface area contributed by atoms with E-state index in [1.54, 1.807) is 12.1 Å². The van der Waals surface area contributed by atoms with Gasteiger partial charge in [0.15, 0.2) is 16.9 Å². The van der Waals surface area contributed by atoms with Crippen molar-refractivity contribution >= 4 is 29.5 Å². The fourth-order valence-corrected chi connectivity index (χ4v) is 3.18. The second-order valence-electron chi connectivity index (χ2n) is 7.74. The maximum atomic E-state index is 10.4. The Bertz CT molecular complexity index is 831. The number of halogens is 1. The first kappa shape index (κ1) is 29.4. The van der Waals surface area contributed by atoms with Crippen molar-refractivity contribution in [3.63, 3.8) is 0 Å². The predicted octanol–water partition coefficient (Wildman–Crippen LogP) is 2.18. The van der Waals surface area contributed by atoms with Crippen LogP contribution in [-0.2, 0) is 19.1 Å². The van der Waals surface area contributed by atoms with Crippen LogP contribution >= 0.6 is 11.6 Å². The van der Waals surface area contributed by atoms with E-state index in [1.807, 2.05) is 13.0 Å². The molecule has 1 aromatic carbocycles. The summed E-state index contributed by atoms with van der Waals surface area (Å²) in [6.07, 6.45) is -0.480. The number of rotatable bonds is 13. The summed E-state index contributed by atoms with van der Waals surface area (Å²) in [7, 11) is 0. The molecule has 34 heavy (non-hydrogen) atoms. The monoisotopic (exact) mass is 505 g/mol. The SMILES string of the molecule is CCN(CC)CCOCCC1(C)Oc2ccc(Cl)cc2O1.O=C(O)CC(CO)(C(=O)O)C(=O)O. The Morgan fingerprint density at radius 2 is 1.65 bits per heavy atom. The second-order valence-corrected chi connectivity index (χ2v) is 8.18. The number of aliphatic hydroxyl groups excluding tert-OH is 1. The molecule has 0 fully saturated rings. The van der Waals surface area contributed by atoms with Crippen LogP contribution in [0.2, 0.25) is 5.02 Å². The van der Waals surface area contributed by atoms with Crippen LogP contribution in [0.4, 0.5) is 0 Å². The Hall–Kier alpha value is -2.60. The summed E-state index contributed by atoms with van der Waals surface area (Å²) in [4.78, 5) is 33.3. The normalized spacial score (nSPS) is 16.6. The third-order valence-electron chi connectivity index (χ3n) is 5.25. The maximum Gasteiger partial charge on any atom is 0.324 e. The van der Waals surface area contributed by atoms with E-state index in [1.165, 1.54) is 0 Å². The second kappa shape index (κ2) is 13.3. The van der Waals surface area contributed by atoms with Gasteiger partial charge in [-0.25, -0.2) is 0 Å². The molecule has 0 bridgehead atoms. The van der Waals surface area contributed by atoms with Crippen LogP contribution in [0.5, 0.6) is 11.5 Å². The molecule has 4 N–H and O–H groups in total. The molecule has 192 valence electrons. The van der Waals surface area contributed by atoms with Crippen molar-refractivity contribution in [3.05, 3.63) is 23.2 Å². The molecule has 0 amide bonds. The van der Waals surface area contributed by atoms with Crippen LogP contribution in [0.1, 0.15) is 33.6 Å². The molecule has 0 aromatic heterocycles. The van der Waals surface area contributed by atoms with Crippen molar-refractivity contribution in [1.29, 1.82) is 0 Å². The summed E-state index contributed by atoms with van der Waals surface area (Å²) in [5, 5.41) is 34.3. The lowest BCUT2D eigenvalue weighted by Crippen LogP contribution is -2.44. The summed E-state index contributed by atoms with van der Waals surface area (Å²) >= 11 is 5.95. The third-order valence-corrected chi connectivity index (χ3v) is 5.48. The van der Waals surface area contributed by atoms with E-state index in [2.05, 4.69) is 18.7 Å². The molecule has 0 saturated heterocycles. The third kappa shape index (κ3) is 8.32. The molecule has 0 radical (unpaired) electrons. The Morgan fingerprint density at radius 3 is 2.12 bits per heavy atom. The molecule has 0 saturated carbocycles. The van der Waals surface area contributed by atoms with Crippen molar-refractivity contribution in [2.75, 3.05) is 39.5 Å². The van der Waals surface area contributed by atoms with Crippen LogP contribution in [-0.4, -0.2) is 88.5 Å². The van der Waals surface area contributed by atoms with Gasteiger partial charge in [-0.15, -0.1) is 0 Å². The van der Waals surface area contributed by atoms with Crippen molar-refractivity contribution < 1.29 is 49.0 Å². The highest BCUT2D eigenvalue weighted by Crippen LogP contribution is 2.41. The van der Waals surface area contributed by atoms with Gasteiger partial charge in [-0.2, -0.15) is 0 Å². The molecule has 12 heteroatoms. The van der Waals surface area contributed by atoms with Gasteiger partial charge in [0, 0.05) is 31.0 Å². The Balaban J connectivity index is 0.000000385. The van der Waals surface area contributed by atoms with Crippen molar-refractivity contribution in [1.82, 2.24) is 4.90 Å². The molecule has 11 nitrogen and oxygen atoms in total. The first-order valence-electron chi connectivity index (χ1n) is 10.7. The Labute approximate surface area is 202 Å². The average Bonchev–Trinajstić information content (AvgIpc) is 3.09. The first-order valence-corrected chi connectivity index (χ1v) is 11.1. The number of likely N-dealkylation sites (N-methyl/N-ethyl adjacent to an activating group) is 1. The highest BCUT2D eigenvalue weighted by Gasteiger charge is 2.48. The number of benzene rings is 1. The van der Waals surface area contributed by atoms with Gasteiger partial charge >= 0.3 is 17.9 Å². The fraction of sp³-hybridized carbons (Fsp3) is 0.591. The first-order chi connectivity index (χ1) is 15.9.